The Bertz CT molecular complexity index is 851. The number of halogens is 1. The van der Waals surface area contributed by atoms with Crippen LogP contribution in [0.1, 0.15) is 6.92 Å². The molecule has 1 aromatic carbocycles. The lowest BCUT2D eigenvalue weighted by molar-refractivity contribution is -0.113. The summed E-state index contributed by atoms with van der Waals surface area (Å²) >= 11 is 4.74. The van der Waals surface area contributed by atoms with E-state index in [-0.39, 0.29) is 11.7 Å². The molecule has 2 heterocycles. The highest BCUT2D eigenvalue weighted by Gasteiger charge is 2.14. The van der Waals surface area contributed by atoms with Gasteiger partial charge >= 0.3 is 0 Å². The van der Waals surface area contributed by atoms with E-state index in [2.05, 4.69) is 36.4 Å². The molecular weight excluding hydrogens is 402 g/mol. The van der Waals surface area contributed by atoms with Gasteiger partial charge in [-0.2, -0.15) is 0 Å². The number of rotatable bonds is 6. The number of pyridine rings is 1. The molecule has 25 heavy (non-hydrogen) atoms. The molecule has 8 heteroatoms. The van der Waals surface area contributed by atoms with Gasteiger partial charge in [-0.15, -0.1) is 10.2 Å². The van der Waals surface area contributed by atoms with Crippen molar-refractivity contribution in [2.24, 2.45) is 0 Å². The minimum atomic E-state index is -0.0825. The first-order chi connectivity index (χ1) is 12.2. The zero-order chi connectivity index (χ0) is 17.6. The van der Waals surface area contributed by atoms with Crippen molar-refractivity contribution in [3.8, 4) is 11.4 Å². The minimum Gasteiger partial charge on any atom is -0.325 e. The number of thioether (sulfide) groups is 1. The highest BCUT2D eigenvalue weighted by Crippen LogP contribution is 2.23. The second kappa shape index (κ2) is 8.26. The first-order valence-electron chi connectivity index (χ1n) is 7.69. The van der Waals surface area contributed by atoms with Gasteiger partial charge in [0.2, 0.25) is 5.91 Å². The number of hydrogen-bond acceptors (Lipinski definition) is 5. The van der Waals surface area contributed by atoms with Gasteiger partial charge in [-0.1, -0.05) is 27.7 Å². The van der Waals surface area contributed by atoms with Gasteiger partial charge in [-0.25, -0.2) is 0 Å². The second-order valence-electron chi connectivity index (χ2n) is 5.14. The molecule has 6 nitrogen and oxygen atoms in total. The van der Waals surface area contributed by atoms with Gasteiger partial charge in [0.25, 0.3) is 0 Å². The average molecular weight is 418 g/mol. The molecule has 2 aromatic heterocycles. The van der Waals surface area contributed by atoms with Crippen LogP contribution in [0.3, 0.4) is 0 Å². The predicted octanol–water partition coefficient (Wildman–Crippen LogP) is 3.85. The Hall–Kier alpha value is -2.19. The Morgan fingerprint density at radius 3 is 2.72 bits per heavy atom. The van der Waals surface area contributed by atoms with Gasteiger partial charge in [0.15, 0.2) is 11.0 Å². The molecule has 0 spiro atoms. The Labute approximate surface area is 158 Å². The Morgan fingerprint density at radius 2 is 2.04 bits per heavy atom. The molecular formula is C17H16BrN5OS. The van der Waals surface area contributed by atoms with Gasteiger partial charge < -0.3 is 9.88 Å². The average Bonchev–Trinajstić information content (AvgIpc) is 3.05. The fourth-order valence-corrected chi connectivity index (χ4v) is 3.32. The lowest BCUT2D eigenvalue weighted by Gasteiger charge is -2.07. The summed E-state index contributed by atoms with van der Waals surface area (Å²) in [7, 11) is 0. The van der Waals surface area contributed by atoms with Gasteiger partial charge in [-0.05, 0) is 43.3 Å². The molecule has 0 bridgehead atoms. The summed E-state index contributed by atoms with van der Waals surface area (Å²) in [6, 6.07) is 11.3. The van der Waals surface area contributed by atoms with E-state index in [1.807, 2.05) is 47.9 Å². The minimum absolute atomic E-state index is 0.0825. The second-order valence-corrected chi connectivity index (χ2v) is 6.99. The first-order valence-corrected chi connectivity index (χ1v) is 9.47. The smallest absolute Gasteiger partial charge is 0.234 e. The van der Waals surface area contributed by atoms with E-state index in [1.165, 1.54) is 11.8 Å². The molecule has 3 aromatic rings. The van der Waals surface area contributed by atoms with Crippen LogP contribution in [0.2, 0.25) is 0 Å². The van der Waals surface area contributed by atoms with Crippen LogP contribution in [-0.4, -0.2) is 31.4 Å². The van der Waals surface area contributed by atoms with Crippen LogP contribution in [0.5, 0.6) is 0 Å². The van der Waals surface area contributed by atoms with Crippen molar-refractivity contribution in [1.29, 1.82) is 0 Å². The topological polar surface area (TPSA) is 72.7 Å². The van der Waals surface area contributed by atoms with Crippen molar-refractivity contribution in [3.05, 3.63) is 53.3 Å². The van der Waals surface area contributed by atoms with Gasteiger partial charge in [0, 0.05) is 34.7 Å². The molecule has 1 amide bonds. The summed E-state index contributed by atoms with van der Waals surface area (Å²) in [6.45, 7) is 2.74. The molecule has 0 saturated carbocycles. The van der Waals surface area contributed by atoms with Crippen molar-refractivity contribution in [2.45, 2.75) is 18.6 Å². The van der Waals surface area contributed by atoms with Crippen LogP contribution >= 0.6 is 27.7 Å². The number of nitrogens with zero attached hydrogens (tertiary/aromatic N) is 4. The van der Waals surface area contributed by atoms with Crippen LogP contribution in [0.25, 0.3) is 11.4 Å². The highest BCUT2D eigenvalue weighted by molar-refractivity contribution is 9.10. The van der Waals surface area contributed by atoms with E-state index in [9.17, 15) is 4.79 Å². The fourth-order valence-electron chi connectivity index (χ4n) is 2.25. The van der Waals surface area contributed by atoms with E-state index < -0.39 is 0 Å². The number of aromatic nitrogens is 4. The maximum Gasteiger partial charge on any atom is 0.234 e. The molecule has 0 unspecified atom stereocenters. The number of anilines is 1. The molecule has 0 radical (unpaired) electrons. The Kier molecular flexibility index (Phi) is 5.83. The van der Waals surface area contributed by atoms with E-state index in [4.69, 9.17) is 0 Å². The molecule has 0 fully saturated rings. The van der Waals surface area contributed by atoms with Gasteiger partial charge in [-0.3, -0.25) is 9.78 Å². The maximum atomic E-state index is 12.1. The molecule has 0 aliphatic carbocycles. The van der Waals surface area contributed by atoms with Gasteiger partial charge in [0.05, 0.1) is 5.75 Å². The summed E-state index contributed by atoms with van der Waals surface area (Å²) in [4.78, 5) is 16.3. The van der Waals surface area contributed by atoms with E-state index in [1.54, 1.807) is 12.4 Å². The largest absolute Gasteiger partial charge is 0.325 e. The van der Waals surface area contributed by atoms with Crippen LogP contribution in [0.4, 0.5) is 5.69 Å². The van der Waals surface area contributed by atoms with E-state index in [0.29, 0.717) is 11.7 Å². The zero-order valence-electron chi connectivity index (χ0n) is 13.5. The van der Waals surface area contributed by atoms with E-state index in [0.717, 1.165) is 21.5 Å². The quantitative estimate of drug-likeness (QED) is 0.616. The van der Waals surface area contributed by atoms with Crippen LogP contribution < -0.4 is 5.32 Å². The van der Waals surface area contributed by atoms with Crippen molar-refractivity contribution in [3.63, 3.8) is 0 Å². The highest BCUT2D eigenvalue weighted by atomic mass is 79.9. The summed E-state index contributed by atoms with van der Waals surface area (Å²) in [6.07, 6.45) is 3.48. The standard InChI is InChI=1S/C17H16BrN5OS/c1-2-23-16(12-4-3-9-19-10-12)21-22-17(23)25-11-15(24)20-14-7-5-13(18)6-8-14/h3-10H,2,11H2,1H3,(H,20,24). The van der Waals surface area contributed by atoms with Crippen LogP contribution in [-0.2, 0) is 11.3 Å². The predicted molar refractivity (Wildman–Crippen MR) is 102 cm³/mol. The fraction of sp³-hybridized carbons (Fsp3) is 0.176. The van der Waals surface area contributed by atoms with Crippen LogP contribution in [0.15, 0.2) is 58.4 Å². The Morgan fingerprint density at radius 1 is 1.24 bits per heavy atom. The SMILES string of the molecule is CCn1c(SCC(=O)Nc2ccc(Br)cc2)nnc1-c1cccnc1. The normalized spacial score (nSPS) is 10.6. The number of benzene rings is 1. The third-order valence-corrected chi connectivity index (χ3v) is 4.91. The third-order valence-electron chi connectivity index (χ3n) is 3.41. The number of hydrogen-bond donors (Lipinski definition) is 1. The lowest BCUT2D eigenvalue weighted by atomic mass is 10.3. The molecule has 0 atom stereocenters. The Balaban J connectivity index is 1.66. The lowest BCUT2D eigenvalue weighted by Crippen LogP contribution is -2.14. The van der Waals surface area contributed by atoms with Crippen molar-refractivity contribution >= 4 is 39.3 Å². The molecule has 0 saturated heterocycles. The van der Waals surface area contributed by atoms with Crippen LogP contribution in [0, 0.1) is 0 Å². The summed E-state index contributed by atoms with van der Waals surface area (Å²) in [5.41, 5.74) is 1.67. The molecule has 0 aliphatic heterocycles. The summed E-state index contributed by atoms with van der Waals surface area (Å²) < 4.78 is 2.95. The monoisotopic (exact) mass is 417 g/mol. The van der Waals surface area contributed by atoms with E-state index >= 15 is 0 Å². The molecule has 1 N–H and O–H groups in total. The molecule has 3 rings (SSSR count). The first kappa shape index (κ1) is 17.6. The summed E-state index contributed by atoms with van der Waals surface area (Å²) in [5.74, 6) is 0.939. The zero-order valence-corrected chi connectivity index (χ0v) is 15.9. The maximum absolute atomic E-state index is 12.1. The third kappa shape index (κ3) is 4.46. The number of carbonyl (C=O) groups is 1. The molecule has 0 aliphatic rings. The van der Waals surface area contributed by atoms with Gasteiger partial charge in [0.1, 0.15) is 0 Å². The van der Waals surface area contributed by atoms with Crippen molar-refractivity contribution in [2.75, 3.05) is 11.1 Å². The van der Waals surface area contributed by atoms with Crippen molar-refractivity contribution < 1.29 is 4.79 Å². The summed E-state index contributed by atoms with van der Waals surface area (Å²) in [5, 5.41) is 12.0. The number of nitrogens with one attached hydrogen (secondary N) is 1. The number of amides is 1. The number of carbonyl (C=O) groups excluding carboxylic acids is 1. The van der Waals surface area contributed by atoms with Crippen molar-refractivity contribution in [1.82, 2.24) is 19.7 Å². The molecule has 128 valence electrons.